The lowest BCUT2D eigenvalue weighted by Crippen LogP contribution is -2.41. The summed E-state index contributed by atoms with van der Waals surface area (Å²) < 4.78 is 0.981. The Labute approximate surface area is 139 Å². The third-order valence-corrected chi connectivity index (χ3v) is 3.96. The van der Waals surface area contributed by atoms with Crippen LogP contribution in [-0.2, 0) is 9.59 Å². The molecule has 0 aromatic heterocycles. The number of amides is 2. The smallest absolute Gasteiger partial charge is 0.243 e. The molecule has 118 valence electrons. The molecule has 2 unspecified atom stereocenters. The molecule has 0 radical (unpaired) electrons. The molecule has 0 bridgehead atoms. The van der Waals surface area contributed by atoms with Crippen LogP contribution in [0.1, 0.15) is 19.4 Å². The zero-order valence-electron chi connectivity index (χ0n) is 12.3. The lowest BCUT2D eigenvalue weighted by Gasteiger charge is -2.15. The van der Waals surface area contributed by atoms with Gasteiger partial charge in [0, 0.05) is 22.1 Å². The Morgan fingerprint density at radius 2 is 1.95 bits per heavy atom. The lowest BCUT2D eigenvalue weighted by molar-refractivity contribution is -0.127. The first-order chi connectivity index (χ1) is 9.31. The fourth-order valence-electron chi connectivity index (χ4n) is 1.49. The molecule has 2 amide bonds. The molecule has 1 rings (SSSR count). The van der Waals surface area contributed by atoms with E-state index in [1.165, 1.54) is 0 Å². The van der Waals surface area contributed by atoms with Crippen LogP contribution >= 0.6 is 28.3 Å². The summed E-state index contributed by atoms with van der Waals surface area (Å²) in [4.78, 5) is 23.4. The summed E-state index contributed by atoms with van der Waals surface area (Å²) in [5, 5.41) is 5.30. The molecule has 5 nitrogen and oxygen atoms in total. The zero-order chi connectivity index (χ0) is 15.3. The van der Waals surface area contributed by atoms with Crippen LogP contribution in [0.2, 0.25) is 0 Å². The van der Waals surface area contributed by atoms with Crippen molar-refractivity contribution in [3.63, 3.8) is 0 Å². The number of rotatable bonds is 5. The molecule has 21 heavy (non-hydrogen) atoms. The normalized spacial score (nSPS) is 12.8. The molecule has 0 heterocycles. The number of aryl methyl sites for hydroxylation is 1. The maximum atomic E-state index is 11.7. The van der Waals surface area contributed by atoms with Gasteiger partial charge in [0.25, 0.3) is 0 Å². The molecule has 2 atom stereocenters. The van der Waals surface area contributed by atoms with Gasteiger partial charge in [-0.05, 0) is 37.6 Å². The average Bonchev–Trinajstić information content (AvgIpc) is 2.39. The summed E-state index contributed by atoms with van der Waals surface area (Å²) in [6.07, 6.45) is 0. The third-order valence-electron chi connectivity index (χ3n) is 3.07. The van der Waals surface area contributed by atoms with E-state index in [4.69, 9.17) is 5.73 Å². The van der Waals surface area contributed by atoms with Gasteiger partial charge < -0.3 is 16.4 Å². The minimum Gasteiger partial charge on any atom is -0.347 e. The van der Waals surface area contributed by atoms with Crippen LogP contribution in [0.4, 0.5) is 5.69 Å². The van der Waals surface area contributed by atoms with Crippen LogP contribution in [0.5, 0.6) is 0 Å². The van der Waals surface area contributed by atoms with Gasteiger partial charge in [0.1, 0.15) is 0 Å². The quantitative estimate of drug-likeness (QED) is 0.734. The van der Waals surface area contributed by atoms with E-state index in [2.05, 4.69) is 26.6 Å². The minimum atomic E-state index is -0.322. The molecule has 0 aliphatic carbocycles. The highest BCUT2D eigenvalue weighted by molar-refractivity contribution is 9.10. The first-order valence-corrected chi connectivity index (χ1v) is 7.20. The van der Waals surface area contributed by atoms with E-state index in [0.29, 0.717) is 5.69 Å². The molecule has 4 N–H and O–H groups in total. The molecule has 0 aliphatic heterocycles. The summed E-state index contributed by atoms with van der Waals surface area (Å²) >= 11 is 3.39. The van der Waals surface area contributed by atoms with Crippen molar-refractivity contribution in [3.05, 3.63) is 28.2 Å². The Hall–Kier alpha value is -1.11. The number of nitrogens with one attached hydrogen (secondary N) is 2. The van der Waals surface area contributed by atoms with Crippen LogP contribution in [0.3, 0.4) is 0 Å². The van der Waals surface area contributed by atoms with Gasteiger partial charge >= 0.3 is 0 Å². The highest BCUT2D eigenvalue weighted by Crippen LogP contribution is 2.19. The molecule has 7 heteroatoms. The molecule has 0 spiro atoms. The first-order valence-electron chi connectivity index (χ1n) is 6.40. The number of hydrogen-bond acceptors (Lipinski definition) is 3. The second-order valence-corrected chi connectivity index (χ2v) is 5.73. The van der Waals surface area contributed by atoms with E-state index in [0.717, 1.165) is 10.0 Å². The van der Waals surface area contributed by atoms with Crippen molar-refractivity contribution < 1.29 is 9.59 Å². The standard InChI is InChI=1S/C14H20BrN3O2.ClH/c1-8-6-11(4-5-12(8)15)18-13(19)7-17-14(20)9(2)10(3)16;/h4-6,9-10H,7,16H2,1-3H3,(H,17,20)(H,18,19);1H. The van der Waals surface area contributed by atoms with Crippen molar-refractivity contribution in [2.75, 3.05) is 11.9 Å². The fraction of sp³-hybridized carbons (Fsp3) is 0.429. The van der Waals surface area contributed by atoms with Crippen molar-refractivity contribution in [1.82, 2.24) is 5.32 Å². The number of carbonyl (C=O) groups is 2. The van der Waals surface area contributed by atoms with Gasteiger partial charge in [-0.2, -0.15) is 0 Å². The van der Waals surface area contributed by atoms with E-state index >= 15 is 0 Å². The molecule has 0 fully saturated rings. The average molecular weight is 379 g/mol. The summed E-state index contributed by atoms with van der Waals surface area (Å²) in [6, 6.07) is 5.27. The number of nitrogens with two attached hydrogens (primary N) is 1. The van der Waals surface area contributed by atoms with Gasteiger partial charge in [-0.15, -0.1) is 12.4 Å². The van der Waals surface area contributed by atoms with Crippen LogP contribution in [0.25, 0.3) is 0 Å². The minimum absolute atomic E-state index is 0. The van der Waals surface area contributed by atoms with E-state index in [1.807, 2.05) is 19.1 Å². The predicted molar refractivity (Wildman–Crippen MR) is 90.6 cm³/mol. The van der Waals surface area contributed by atoms with Crippen LogP contribution in [0, 0.1) is 12.8 Å². The Balaban J connectivity index is 0.00000400. The SMILES string of the molecule is Cc1cc(NC(=O)CNC(=O)C(C)C(C)N)ccc1Br.Cl. The second kappa shape index (κ2) is 9.02. The maximum Gasteiger partial charge on any atom is 0.243 e. The largest absolute Gasteiger partial charge is 0.347 e. The van der Waals surface area contributed by atoms with Crippen molar-refractivity contribution in [1.29, 1.82) is 0 Å². The fourth-order valence-corrected chi connectivity index (χ4v) is 1.74. The molecule has 1 aromatic rings. The maximum absolute atomic E-state index is 11.7. The van der Waals surface area contributed by atoms with Crippen molar-refractivity contribution in [2.45, 2.75) is 26.8 Å². The Morgan fingerprint density at radius 1 is 1.33 bits per heavy atom. The summed E-state index contributed by atoms with van der Waals surface area (Å²) in [6.45, 7) is 5.36. The Bertz CT molecular complexity index is 509. The predicted octanol–water partition coefficient (Wildman–Crippen LogP) is 2.22. The number of hydrogen-bond donors (Lipinski definition) is 3. The van der Waals surface area contributed by atoms with Crippen LogP contribution < -0.4 is 16.4 Å². The number of carbonyl (C=O) groups excluding carboxylic acids is 2. The van der Waals surface area contributed by atoms with Gasteiger partial charge in [0.2, 0.25) is 11.8 Å². The van der Waals surface area contributed by atoms with Crippen molar-refractivity contribution >= 4 is 45.8 Å². The summed E-state index contributed by atoms with van der Waals surface area (Å²) in [7, 11) is 0. The number of anilines is 1. The highest BCUT2D eigenvalue weighted by Gasteiger charge is 2.17. The van der Waals surface area contributed by atoms with E-state index in [-0.39, 0.29) is 42.7 Å². The second-order valence-electron chi connectivity index (χ2n) is 4.88. The van der Waals surface area contributed by atoms with Gasteiger partial charge in [0.05, 0.1) is 6.54 Å². The molecule has 0 saturated carbocycles. The Morgan fingerprint density at radius 3 is 2.48 bits per heavy atom. The number of halogens is 2. The highest BCUT2D eigenvalue weighted by atomic mass is 79.9. The van der Waals surface area contributed by atoms with Gasteiger partial charge in [-0.3, -0.25) is 9.59 Å². The van der Waals surface area contributed by atoms with Crippen LogP contribution in [-0.4, -0.2) is 24.4 Å². The van der Waals surface area contributed by atoms with E-state index in [1.54, 1.807) is 19.9 Å². The molecular weight excluding hydrogens is 358 g/mol. The van der Waals surface area contributed by atoms with Gasteiger partial charge in [0.15, 0.2) is 0 Å². The lowest BCUT2D eigenvalue weighted by atomic mass is 10.0. The Kier molecular flexibility index (Phi) is 8.54. The van der Waals surface area contributed by atoms with Gasteiger partial charge in [-0.1, -0.05) is 22.9 Å². The van der Waals surface area contributed by atoms with Crippen LogP contribution in [0.15, 0.2) is 22.7 Å². The summed E-state index contributed by atoms with van der Waals surface area (Å²) in [5.74, 6) is -0.809. The third kappa shape index (κ3) is 6.46. The summed E-state index contributed by atoms with van der Waals surface area (Å²) in [5.41, 5.74) is 7.36. The first kappa shape index (κ1) is 19.9. The topological polar surface area (TPSA) is 84.2 Å². The monoisotopic (exact) mass is 377 g/mol. The molecule has 0 aliphatic rings. The number of benzene rings is 1. The molecule has 1 aromatic carbocycles. The molecular formula is C14H21BrClN3O2. The van der Waals surface area contributed by atoms with Crippen molar-refractivity contribution in [3.8, 4) is 0 Å². The van der Waals surface area contributed by atoms with Gasteiger partial charge in [-0.25, -0.2) is 0 Å². The zero-order valence-corrected chi connectivity index (χ0v) is 14.7. The van der Waals surface area contributed by atoms with E-state index < -0.39 is 0 Å². The van der Waals surface area contributed by atoms with E-state index in [9.17, 15) is 9.59 Å². The van der Waals surface area contributed by atoms with Crippen molar-refractivity contribution in [2.24, 2.45) is 11.7 Å². The molecule has 0 saturated heterocycles.